The number of halogens is 3. The van der Waals surface area contributed by atoms with E-state index in [-0.39, 0.29) is 11.5 Å². The third kappa shape index (κ3) is 4.05. The van der Waals surface area contributed by atoms with Crippen molar-refractivity contribution in [3.05, 3.63) is 35.7 Å². The van der Waals surface area contributed by atoms with Crippen LogP contribution in [-0.4, -0.2) is 51.8 Å². The number of H-pyrrole nitrogens is 1. The lowest BCUT2D eigenvalue weighted by atomic mass is 9.98. The number of aromatic nitrogens is 2. The molecule has 1 atom stereocenters. The maximum absolute atomic E-state index is 13.4. The topological polar surface area (TPSA) is 78.5 Å². The molecule has 1 N–H and O–H groups in total. The summed E-state index contributed by atoms with van der Waals surface area (Å²) in [5.41, 5.74) is -0.00683. The number of aromatic amines is 1. The lowest BCUT2D eigenvalue weighted by molar-refractivity contribution is -0.140. The first-order valence-electron chi connectivity index (χ1n) is 10.5. The van der Waals surface area contributed by atoms with Crippen LogP contribution in [0.25, 0.3) is 11.1 Å². The van der Waals surface area contributed by atoms with E-state index in [1.54, 1.807) is 43.9 Å². The number of nitrogens with one attached hydrogen (secondary N) is 1. The first-order valence-corrected chi connectivity index (χ1v) is 10.5. The quantitative estimate of drug-likeness (QED) is 0.737. The average Bonchev–Trinajstić information content (AvgIpc) is 3.43. The zero-order valence-electron chi connectivity index (χ0n) is 18.1. The summed E-state index contributed by atoms with van der Waals surface area (Å²) in [5.74, 6) is -0.243. The standard InChI is InChI=1S/C22H25F3N4O3/c1-21(2,3)32-20(31)29-10-5-8-17(29)19(30)28-11-9-14-13(6-4-7-16(14)28)15-12-26-27-18(15)22(23,24)25/h4,6-7,12,17H,5,8-11H2,1-3H3,(H,26,27)/t17-/m0/s1. The number of alkyl halides is 3. The second kappa shape index (κ2) is 7.83. The minimum atomic E-state index is -4.57. The largest absolute Gasteiger partial charge is 0.444 e. The number of fused-ring (bicyclic) bond motifs is 1. The molecule has 32 heavy (non-hydrogen) atoms. The molecule has 4 rings (SSSR count). The molecule has 0 unspecified atom stereocenters. The molecule has 2 aliphatic heterocycles. The third-order valence-electron chi connectivity index (χ3n) is 5.67. The van der Waals surface area contributed by atoms with E-state index in [1.165, 1.54) is 4.90 Å². The smallest absolute Gasteiger partial charge is 0.433 e. The third-order valence-corrected chi connectivity index (χ3v) is 5.67. The Morgan fingerprint density at radius 1 is 1.16 bits per heavy atom. The number of amides is 2. The summed E-state index contributed by atoms with van der Waals surface area (Å²) in [6.45, 7) is 6.06. The molecule has 2 amide bonds. The van der Waals surface area contributed by atoms with Gasteiger partial charge in [0.1, 0.15) is 17.3 Å². The van der Waals surface area contributed by atoms with Crippen molar-refractivity contribution >= 4 is 17.7 Å². The van der Waals surface area contributed by atoms with Gasteiger partial charge in [0.15, 0.2) is 0 Å². The Hall–Kier alpha value is -3.04. The highest BCUT2D eigenvalue weighted by Crippen LogP contribution is 2.41. The van der Waals surface area contributed by atoms with Gasteiger partial charge in [-0.3, -0.25) is 14.8 Å². The van der Waals surface area contributed by atoms with Crippen molar-refractivity contribution in [3.8, 4) is 11.1 Å². The number of anilines is 1. The van der Waals surface area contributed by atoms with Crippen LogP contribution < -0.4 is 4.90 Å². The van der Waals surface area contributed by atoms with E-state index >= 15 is 0 Å². The predicted octanol–water partition coefficient (Wildman–Crippen LogP) is 4.38. The number of ether oxygens (including phenoxy) is 1. The molecule has 3 heterocycles. The van der Waals surface area contributed by atoms with Gasteiger partial charge in [-0.25, -0.2) is 4.79 Å². The van der Waals surface area contributed by atoms with Crippen LogP contribution in [0.15, 0.2) is 24.4 Å². The monoisotopic (exact) mass is 450 g/mol. The maximum Gasteiger partial charge on any atom is 0.433 e. The Balaban J connectivity index is 1.62. The fraction of sp³-hybridized carbons (Fsp3) is 0.500. The molecule has 1 aromatic carbocycles. The van der Waals surface area contributed by atoms with Gasteiger partial charge in [0, 0.05) is 24.3 Å². The normalized spacial score (nSPS) is 18.8. The van der Waals surface area contributed by atoms with Gasteiger partial charge in [-0.1, -0.05) is 12.1 Å². The zero-order valence-corrected chi connectivity index (χ0v) is 18.1. The Labute approximate surface area is 183 Å². The number of rotatable bonds is 2. The molecule has 2 aliphatic rings. The van der Waals surface area contributed by atoms with Gasteiger partial charge < -0.3 is 9.64 Å². The van der Waals surface area contributed by atoms with E-state index in [2.05, 4.69) is 5.10 Å². The van der Waals surface area contributed by atoms with E-state index in [0.29, 0.717) is 49.2 Å². The SMILES string of the molecule is CC(C)(C)OC(=O)N1CCC[C@H]1C(=O)N1CCc2c(-c3cn[nH]c3C(F)(F)F)cccc21. The Kier molecular flexibility index (Phi) is 5.42. The van der Waals surface area contributed by atoms with Gasteiger partial charge in [-0.2, -0.15) is 18.3 Å². The predicted molar refractivity (Wildman–Crippen MR) is 111 cm³/mol. The first-order chi connectivity index (χ1) is 15.0. The van der Waals surface area contributed by atoms with Crippen LogP contribution in [0.1, 0.15) is 44.9 Å². The van der Waals surface area contributed by atoms with Crippen molar-refractivity contribution < 1.29 is 27.5 Å². The molecule has 0 aliphatic carbocycles. The Morgan fingerprint density at radius 2 is 1.91 bits per heavy atom. The van der Waals surface area contributed by atoms with E-state index < -0.39 is 29.6 Å². The van der Waals surface area contributed by atoms with Crippen LogP contribution in [-0.2, 0) is 22.1 Å². The van der Waals surface area contributed by atoms with Crippen LogP contribution >= 0.6 is 0 Å². The number of hydrogen-bond donors (Lipinski definition) is 1. The minimum Gasteiger partial charge on any atom is -0.444 e. The van der Waals surface area contributed by atoms with Crippen molar-refractivity contribution in [2.24, 2.45) is 0 Å². The minimum absolute atomic E-state index is 0.0418. The molecule has 1 saturated heterocycles. The molecular formula is C22H25F3N4O3. The van der Waals surface area contributed by atoms with Crippen molar-refractivity contribution in [1.29, 1.82) is 0 Å². The van der Waals surface area contributed by atoms with Gasteiger partial charge in [0.05, 0.1) is 6.20 Å². The van der Waals surface area contributed by atoms with Gasteiger partial charge in [-0.05, 0) is 57.2 Å². The lowest BCUT2D eigenvalue weighted by Gasteiger charge is -2.30. The van der Waals surface area contributed by atoms with E-state index in [9.17, 15) is 22.8 Å². The molecule has 2 aromatic rings. The highest BCUT2D eigenvalue weighted by molar-refractivity contribution is 6.01. The van der Waals surface area contributed by atoms with Crippen LogP contribution in [0.5, 0.6) is 0 Å². The van der Waals surface area contributed by atoms with E-state index in [4.69, 9.17) is 4.74 Å². The molecular weight excluding hydrogens is 425 g/mol. The molecule has 0 spiro atoms. The molecule has 1 aromatic heterocycles. The Bertz CT molecular complexity index is 1040. The number of carbonyl (C=O) groups excluding carboxylic acids is 2. The summed E-state index contributed by atoms with van der Waals surface area (Å²) >= 11 is 0. The van der Waals surface area contributed by atoms with Gasteiger partial charge >= 0.3 is 12.3 Å². The first kappa shape index (κ1) is 22.2. The van der Waals surface area contributed by atoms with E-state index in [0.717, 1.165) is 6.20 Å². The van der Waals surface area contributed by atoms with Crippen molar-refractivity contribution in [3.63, 3.8) is 0 Å². The summed E-state index contributed by atoms with van der Waals surface area (Å²) in [7, 11) is 0. The van der Waals surface area contributed by atoms with Gasteiger partial charge in [-0.15, -0.1) is 0 Å². The van der Waals surface area contributed by atoms with E-state index in [1.807, 2.05) is 5.10 Å². The highest BCUT2D eigenvalue weighted by Gasteiger charge is 2.41. The molecule has 7 nitrogen and oxygen atoms in total. The molecule has 0 radical (unpaired) electrons. The molecule has 10 heteroatoms. The fourth-order valence-corrected chi connectivity index (χ4v) is 4.36. The highest BCUT2D eigenvalue weighted by atomic mass is 19.4. The molecule has 0 bridgehead atoms. The average molecular weight is 450 g/mol. The summed E-state index contributed by atoms with van der Waals surface area (Å²) in [5, 5.41) is 5.62. The maximum atomic E-state index is 13.4. The molecule has 172 valence electrons. The molecule has 0 saturated carbocycles. The number of hydrogen-bond acceptors (Lipinski definition) is 4. The second-order valence-electron chi connectivity index (χ2n) is 9.03. The van der Waals surface area contributed by atoms with Crippen molar-refractivity contribution in [2.75, 3.05) is 18.0 Å². The van der Waals surface area contributed by atoms with Crippen molar-refractivity contribution in [2.45, 2.75) is 57.9 Å². The van der Waals surface area contributed by atoms with Crippen LogP contribution in [0.2, 0.25) is 0 Å². The summed E-state index contributed by atoms with van der Waals surface area (Å²) in [4.78, 5) is 29.0. The number of nitrogens with zero attached hydrogens (tertiary/aromatic N) is 3. The number of carbonyl (C=O) groups is 2. The summed E-state index contributed by atoms with van der Waals surface area (Å²) in [6, 6.07) is 4.31. The Morgan fingerprint density at radius 3 is 2.59 bits per heavy atom. The van der Waals surface area contributed by atoms with Crippen LogP contribution in [0.3, 0.4) is 0 Å². The van der Waals surface area contributed by atoms with Gasteiger partial charge in [0.25, 0.3) is 0 Å². The second-order valence-corrected chi connectivity index (χ2v) is 9.03. The zero-order chi connectivity index (χ0) is 23.3. The lowest BCUT2D eigenvalue weighted by Crippen LogP contribution is -2.48. The summed E-state index contributed by atoms with van der Waals surface area (Å²) < 4.78 is 45.6. The molecule has 1 fully saturated rings. The number of likely N-dealkylation sites (tertiary alicyclic amines) is 1. The fourth-order valence-electron chi connectivity index (χ4n) is 4.36. The van der Waals surface area contributed by atoms with Crippen molar-refractivity contribution in [1.82, 2.24) is 15.1 Å². The van der Waals surface area contributed by atoms with Gasteiger partial charge in [0.2, 0.25) is 5.91 Å². The van der Waals surface area contributed by atoms with Crippen LogP contribution in [0.4, 0.5) is 23.7 Å². The van der Waals surface area contributed by atoms with Crippen LogP contribution in [0, 0.1) is 0 Å². The summed E-state index contributed by atoms with van der Waals surface area (Å²) in [6.07, 6.45) is -2.33. The number of benzene rings is 1.